The van der Waals surface area contributed by atoms with Crippen molar-refractivity contribution in [3.63, 3.8) is 0 Å². The van der Waals surface area contributed by atoms with Crippen molar-refractivity contribution < 1.29 is 14.0 Å². The standard InChI is InChI=1S/C21H23ClFN3O2/c1-25-9-11-26(12-10-25)21(28)16-7-5-15(6-8-16)14-24-20(27)13-17-18(22)3-2-4-19(17)23/h2-8H,9-14H2,1H3,(H,24,27). The Balaban J connectivity index is 1.53. The van der Waals surface area contributed by atoms with Gasteiger partial charge in [0, 0.05) is 48.9 Å². The maximum atomic E-state index is 13.8. The number of amides is 2. The van der Waals surface area contributed by atoms with Crippen LogP contribution in [0, 0.1) is 5.82 Å². The van der Waals surface area contributed by atoms with Gasteiger partial charge in [0.25, 0.3) is 5.91 Å². The van der Waals surface area contributed by atoms with Crippen molar-refractivity contribution in [1.82, 2.24) is 15.1 Å². The molecule has 0 radical (unpaired) electrons. The number of carbonyl (C=O) groups is 2. The van der Waals surface area contributed by atoms with Crippen molar-refractivity contribution in [1.29, 1.82) is 0 Å². The number of carbonyl (C=O) groups excluding carboxylic acids is 2. The molecule has 0 saturated carbocycles. The zero-order chi connectivity index (χ0) is 20.1. The topological polar surface area (TPSA) is 52.6 Å². The smallest absolute Gasteiger partial charge is 0.253 e. The molecule has 0 spiro atoms. The summed E-state index contributed by atoms with van der Waals surface area (Å²) in [6, 6.07) is 11.5. The Morgan fingerprint density at radius 3 is 2.39 bits per heavy atom. The van der Waals surface area contributed by atoms with Gasteiger partial charge in [-0.3, -0.25) is 9.59 Å². The Labute approximate surface area is 169 Å². The number of piperazine rings is 1. The van der Waals surface area contributed by atoms with Crippen LogP contribution in [-0.2, 0) is 17.8 Å². The number of nitrogens with zero attached hydrogens (tertiary/aromatic N) is 2. The molecular weight excluding hydrogens is 381 g/mol. The van der Waals surface area contributed by atoms with Crippen molar-refractivity contribution in [2.75, 3.05) is 33.2 Å². The number of rotatable bonds is 5. The van der Waals surface area contributed by atoms with E-state index in [4.69, 9.17) is 11.6 Å². The third kappa shape index (κ3) is 5.09. The summed E-state index contributed by atoms with van der Waals surface area (Å²) in [4.78, 5) is 28.7. The van der Waals surface area contributed by atoms with Gasteiger partial charge in [-0.2, -0.15) is 0 Å². The van der Waals surface area contributed by atoms with E-state index in [0.717, 1.165) is 31.7 Å². The quantitative estimate of drug-likeness (QED) is 0.835. The molecule has 1 saturated heterocycles. The third-order valence-electron chi connectivity index (χ3n) is 4.88. The Bertz CT molecular complexity index is 829. The fourth-order valence-corrected chi connectivity index (χ4v) is 3.31. The number of hydrogen-bond acceptors (Lipinski definition) is 3. The third-order valence-corrected chi connectivity index (χ3v) is 5.23. The van der Waals surface area contributed by atoms with E-state index in [1.807, 2.05) is 24.1 Å². The number of nitrogens with one attached hydrogen (secondary N) is 1. The minimum atomic E-state index is -0.491. The van der Waals surface area contributed by atoms with Gasteiger partial charge < -0.3 is 15.1 Å². The van der Waals surface area contributed by atoms with Crippen LogP contribution >= 0.6 is 11.6 Å². The first-order valence-corrected chi connectivity index (χ1v) is 9.58. The highest BCUT2D eigenvalue weighted by Gasteiger charge is 2.20. The average molecular weight is 404 g/mol. The summed E-state index contributed by atoms with van der Waals surface area (Å²) in [7, 11) is 2.05. The predicted molar refractivity (Wildman–Crippen MR) is 107 cm³/mol. The van der Waals surface area contributed by atoms with Gasteiger partial charge >= 0.3 is 0 Å². The Hall–Kier alpha value is -2.44. The molecule has 1 aliphatic rings. The van der Waals surface area contributed by atoms with Crippen LogP contribution in [0.4, 0.5) is 4.39 Å². The highest BCUT2D eigenvalue weighted by atomic mass is 35.5. The number of halogens is 2. The number of hydrogen-bond donors (Lipinski definition) is 1. The van der Waals surface area contributed by atoms with Gasteiger partial charge in [0.2, 0.25) is 5.91 Å². The molecule has 1 heterocycles. The highest BCUT2D eigenvalue weighted by molar-refractivity contribution is 6.31. The van der Waals surface area contributed by atoms with Crippen molar-refractivity contribution in [3.05, 3.63) is 70.0 Å². The van der Waals surface area contributed by atoms with E-state index >= 15 is 0 Å². The van der Waals surface area contributed by atoms with E-state index in [1.54, 1.807) is 18.2 Å². The molecule has 5 nitrogen and oxygen atoms in total. The zero-order valence-corrected chi connectivity index (χ0v) is 16.5. The lowest BCUT2D eigenvalue weighted by Gasteiger charge is -2.32. The number of likely N-dealkylation sites (N-methyl/N-ethyl adjacent to an activating group) is 1. The van der Waals surface area contributed by atoms with Gasteiger partial charge in [0.05, 0.1) is 6.42 Å². The Morgan fingerprint density at radius 1 is 1.07 bits per heavy atom. The molecule has 1 N–H and O–H groups in total. The summed E-state index contributed by atoms with van der Waals surface area (Å²) < 4.78 is 13.8. The predicted octanol–water partition coefficient (Wildman–Crippen LogP) is 2.73. The minimum Gasteiger partial charge on any atom is -0.352 e. The van der Waals surface area contributed by atoms with Crippen molar-refractivity contribution in [2.45, 2.75) is 13.0 Å². The summed E-state index contributed by atoms with van der Waals surface area (Å²) in [5.74, 6) is -0.781. The lowest BCUT2D eigenvalue weighted by atomic mass is 10.1. The highest BCUT2D eigenvalue weighted by Crippen LogP contribution is 2.19. The summed E-state index contributed by atoms with van der Waals surface area (Å²) in [6.07, 6.45) is -0.120. The van der Waals surface area contributed by atoms with Crippen LogP contribution in [0.3, 0.4) is 0 Å². The molecule has 0 bridgehead atoms. The van der Waals surface area contributed by atoms with Crippen LogP contribution in [0.25, 0.3) is 0 Å². The Morgan fingerprint density at radius 2 is 1.75 bits per heavy atom. The van der Waals surface area contributed by atoms with Crippen LogP contribution in [0.2, 0.25) is 5.02 Å². The zero-order valence-electron chi connectivity index (χ0n) is 15.8. The van der Waals surface area contributed by atoms with Gasteiger partial charge in [0.1, 0.15) is 5.82 Å². The molecule has 2 aromatic rings. The van der Waals surface area contributed by atoms with E-state index in [0.29, 0.717) is 12.1 Å². The first kappa shape index (κ1) is 20.3. The van der Waals surface area contributed by atoms with Crippen molar-refractivity contribution >= 4 is 23.4 Å². The van der Waals surface area contributed by atoms with E-state index < -0.39 is 5.82 Å². The maximum absolute atomic E-state index is 13.8. The Kier molecular flexibility index (Phi) is 6.65. The fraction of sp³-hybridized carbons (Fsp3) is 0.333. The van der Waals surface area contributed by atoms with Crippen LogP contribution in [0.5, 0.6) is 0 Å². The van der Waals surface area contributed by atoms with E-state index in [-0.39, 0.29) is 28.8 Å². The molecule has 7 heteroatoms. The largest absolute Gasteiger partial charge is 0.352 e. The molecule has 0 atom stereocenters. The molecule has 0 aliphatic carbocycles. The van der Waals surface area contributed by atoms with Gasteiger partial charge in [-0.25, -0.2) is 4.39 Å². The van der Waals surface area contributed by atoms with Gasteiger partial charge in [-0.15, -0.1) is 0 Å². The average Bonchev–Trinajstić information content (AvgIpc) is 2.70. The minimum absolute atomic E-state index is 0.0258. The molecule has 148 valence electrons. The van der Waals surface area contributed by atoms with Crippen LogP contribution < -0.4 is 5.32 Å². The first-order valence-electron chi connectivity index (χ1n) is 9.20. The molecular formula is C21H23ClFN3O2. The van der Waals surface area contributed by atoms with Crippen LogP contribution in [0.1, 0.15) is 21.5 Å². The van der Waals surface area contributed by atoms with Gasteiger partial charge in [-0.05, 0) is 36.9 Å². The monoisotopic (exact) mass is 403 g/mol. The van der Waals surface area contributed by atoms with E-state index in [2.05, 4.69) is 10.2 Å². The maximum Gasteiger partial charge on any atom is 0.253 e. The van der Waals surface area contributed by atoms with Gasteiger partial charge in [-0.1, -0.05) is 29.8 Å². The molecule has 0 unspecified atom stereocenters. The van der Waals surface area contributed by atoms with Gasteiger partial charge in [0.15, 0.2) is 0 Å². The fourth-order valence-electron chi connectivity index (χ4n) is 3.08. The second-order valence-electron chi connectivity index (χ2n) is 6.95. The summed E-state index contributed by atoms with van der Waals surface area (Å²) >= 11 is 5.95. The lowest BCUT2D eigenvalue weighted by Crippen LogP contribution is -2.47. The first-order chi connectivity index (χ1) is 13.4. The van der Waals surface area contributed by atoms with E-state index in [1.165, 1.54) is 12.1 Å². The second kappa shape index (κ2) is 9.17. The molecule has 1 fully saturated rings. The molecule has 1 aliphatic heterocycles. The van der Waals surface area contributed by atoms with Crippen molar-refractivity contribution in [2.24, 2.45) is 0 Å². The van der Waals surface area contributed by atoms with Crippen molar-refractivity contribution in [3.8, 4) is 0 Å². The molecule has 2 amide bonds. The SMILES string of the molecule is CN1CCN(C(=O)c2ccc(CNC(=O)Cc3c(F)cccc3Cl)cc2)CC1. The number of benzene rings is 2. The van der Waals surface area contributed by atoms with Crippen LogP contribution in [0.15, 0.2) is 42.5 Å². The van der Waals surface area contributed by atoms with E-state index in [9.17, 15) is 14.0 Å². The molecule has 2 aromatic carbocycles. The molecule has 0 aromatic heterocycles. The normalized spacial score (nSPS) is 14.8. The molecule has 28 heavy (non-hydrogen) atoms. The lowest BCUT2D eigenvalue weighted by molar-refractivity contribution is -0.120. The van der Waals surface area contributed by atoms with Crippen LogP contribution in [-0.4, -0.2) is 54.8 Å². The molecule has 3 rings (SSSR count). The summed E-state index contributed by atoms with van der Waals surface area (Å²) in [6.45, 7) is 3.51. The summed E-state index contributed by atoms with van der Waals surface area (Å²) in [5.41, 5.74) is 1.69. The second-order valence-corrected chi connectivity index (χ2v) is 7.35. The summed E-state index contributed by atoms with van der Waals surface area (Å²) in [5, 5.41) is 2.99.